The van der Waals surface area contributed by atoms with E-state index < -0.39 is 7.12 Å². The van der Waals surface area contributed by atoms with Gasteiger partial charge in [-0.05, 0) is 11.8 Å². The Bertz CT molecular complexity index is 286. The molecule has 15 heavy (non-hydrogen) atoms. The van der Waals surface area contributed by atoms with Crippen molar-refractivity contribution in [3.05, 3.63) is 0 Å². The lowest BCUT2D eigenvalue weighted by Crippen LogP contribution is -2.42. The summed E-state index contributed by atoms with van der Waals surface area (Å²) in [5.41, 5.74) is 0.109. The first-order chi connectivity index (χ1) is 6.99. The molecule has 1 heterocycles. The van der Waals surface area contributed by atoms with E-state index in [1.54, 1.807) is 0 Å². The van der Waals surface area contributed by atoms with Gasteiger partial charge in [0, 0.05) is 5.82 Å². The van der Waals surface area contributed by atoms with E-state index in [0.29, 0.717) is 0 Å². The maximum atomic E-state index is 11.2. The zero-order valence-corrected chi connectivity index (χ0v) is 8.91. The third kappa shape index (κ3) is 2.31. The Kier molecular flexibility index (Phi) is 2.46. The average Bonchev–Trinajstić information content (AvgIpc) is 2.71. The maximum Gasteiger partial charge on any atom is 0.602 e. The second-order valence-electron chi connectivity index (χ2n) is 4.75. The third-order valence-corrected chi connectivity index (χ3v) is 2.95. The first-order valence-corrected chi connectivity index (χ1v) is 5.09. The lowest BCUT2D eigenvalue weighted by Gasteiger charge is -2.18. The number of hydrogen-bond acceptors (Lipinski definition) is 5. The van der Waals surface area contributed by atoms with Gasteiger partial charge in [-0.3, -0.25) is 14.9 Å². The van der Waals surface area contributed by atoms with E-state index in [4.69, 9.17) is 9.31 Å². The van der Waals surface area contributed by atoms with Crippen molar-refractivity contribution in [2.45, 2.75) is 26.1 Å². The van der Waals surface area contributed by atoms with Gasteiger partial charge >= 0.3 is 19.1 Å². The van der Waals surface area contributed by atoms with Crippen LogP contribution in [0.3, 0.4) is 0 Å². The van der Waals surface area contributed by atoms with E-state index in [1.165, 1.54) is 0 Å². The van der Waals surface area contributed by atoms with E-state index in [0.717, 1.165) is 6.42 Å². The molecule has 0 aromatic heterocycles. The minimum absolute atomic E-state index is 0.0682. The van der Waals surface area contributed by atoms with Crippen molar-refractivity contribution in [1.29, 1.82) is 0 Å². The van der Waals surface area contributed by atoms with Crippen LogP contribution in [0, 0.1) is 5.41 Å². The fraction of sp³-hybridized carbons (Fsp3) is 0.778. The van der Waals surface area contributed by atoms with Gasteiger partial charge in [-0.15, -0.1) is 0 Å². The Morgan fingerprint density at radius 3 is 2.13 bits per heavy atom. The summed E-state index contributed by atoms with van der Waals surface area (Å²) in [4.78, 5) is 22.4. The van der Waals surface area contributed by atoms with Gasteiger partial charge in [0.2, 0.25) is 0 Å². The van der Waals surface area contributed by atoms with E-state index >= 15 is 0 Å². The van der Waals surface area contributed by atoms with Gasteiger partial charge in [-0.1, -0.05) is 13.8 Å². The minimum Gasteiger partial charge on any atom is -0.498 e. The fourth-order valence-electron chi connectivity index (χ4n) is 1.77. The van der Waals surface area contributed by atoms with Gasteiger partial charge in [-0.25, -0.2) is 0 Å². The molecule has 0 bridgehead atoms. The van der Waals surface area contributed by atoms with Crippen molar-refractivity contribution in [3.8, 4) is 0 Å². The zero-order valence-electron chi connectivity index (χ0n) is 8.91. The SMILES string of the molecule is CC1(C)CC1B1OC(=O)CNCC(=O)O1. The summed E-state index contributed by atoms with van der Waals surface area (Å²) in [6, 6.07) is 0. The molecule has 2 rings (SSSR count). The summed E-state index contributed by atoms with van der Waals surface area (Å²) in [7, 11) is -0.693. The molecule has 6 heteroatoms. The molecule has 0 radical (unpaired) electrons. The molecule has 1 aliphatic carbocycles. The lowest BCUT2D eigenvalue weighted by molar-refractivity contribution is -0.141. The highest BCUT2D eigenvalue weighted by Gasteiger charge is 2.58. The summed E-state index contributed by atoms with van der Waals surface area (Å²) in [6.45, 7) is 4.27. The lowest BCUT2D eigenvalue weighted by atomic mass is 9.77. The topological polar surface area (TPSA) is 64.6 Å². The molecule has 1 atom stereocenters. The Morgan fingerprint density at radius 1 is 1.27 bits per heavy atom. The van der Waals surface area contributed by atoms with Crippen LogP contribution in [0.25, 0.3) is 0 Å². The van der Waals surface area contributed by atoms with Crippen molar-refractivity contribution in [3.63, 3.8) is 0 Å². The highest BCUT2D eigenvalue weighted by molar-refractivity contribution is 6.52. The molecule has 2 fully saturated rings. The molecule has 0 amide bonds. The highest BCUT2D eigenvalue weighted by atomic mass is 16.6. The molecule has 0 aromatic rings. The molecular formula is C9H14BNO4. The van der Waals surface area contributed by atoms with Crippen molar-refractivity contribution in [1.82, 2.24) is 5.32 Å². The highest BCUT2D eigenvalue weighted by Crippen LogP contribution is 2.59. The van der Waals surface area contributed by atoms with Crippen LogP contribution in [-0.2, 0) is 18.9 Å². The van der Waals surface area contributed by atoms with Crippen LogP contribution in [-0.4, -0.2) is 32.1 Å². The predicted octanol–water partition coefficient (Wildman–Crippen LogP) is -0.0357. The normalized spacial score (nSPS) is 30.0. The summed E-state index contributed by atoms with van der Waals surface area (Å²) in [5.74, 6) is -0.589. The van der Waals surface area contributed by atoms with Gasteiger partial charge in [0.1, 0.15) is 0 Å². The van der Waals surface area contributed by atoms with Crippen molar-refractivity contribution in [2.75, 3.05) is 13.1 Å². The molecule has 2 aliphatic rings. The van der Waals surface area contributed by atoms with E-state index in [-0.39, 0.29) is 36.3 Å². The summed E-state index contributed by atoms with van der Waals surface area (Å²) in [6.07, 6.45) is 0.922. The van der Waals surface area contributed by atoms with Gasteiger partial charge in [-0.2, -0.15) is 0 Å². The van der Waals surface area contributed by atoms with Crippen LogP contribution in [0.15, 0.2) is 0 Å². The van der Waals surface area contributed by atoms with Gasteiger partial charge in [0.15, 0.2) is 0 Å². The van der Waals surface area contributed by atoms with Crippen LogP contribution < -0.4 is 5.32 Å². The second-order valence-corrected chi connectivity index (χ2v) is 4.75. The quantitative estimate of drug-likeness (QED) is 0.616. The summed E-state index contributed by atoms with van der Waals surface area (Å²) in [5, 5.41) is 2.64. The van der Waals surface area contributed by atoms with Crippen LogP contribution in [0.5, 0.6) is 0 Å². The Balaban J connectivity index is 2.01. The average molecular weight is 211 g/mol. The Labute approximate surface area is 88.6 Å². The first-order valence-electron chi connectivity index (χ1n) is 5.09. The molecule has 1 aliphatic heterocycles. The van der Waals surface area contributed by atoms with Gasteiger partial charge < -0.3 is 9.31 Å². The predicted molar refractivity (Wildman–Crippen MR) is 53.0 cm³/mol. The molecule has 0 spiro atoms. The molecular weight excluding hydrogens is 197 g/mol. The summed E-state index contributed by atoms with van der Waals surface area (Å²) >= 11 is 0. The van der Waals surface area contributed by atoms with Crippen LogP contribution in [0.4, 0.5) is 0 Å². The van der Waals surface area contributed by atoms with Crippen molar-refractivity contribution >= 4 is 19.1 Å². The van der Waals surface area contributed by atoms with E-state index in [1.807, 2.05) is 0 Å². The molecule has 1 saturated carbocycles. The van der Waals surface area contributed by atoms with E-state index in [2.05, 4.69) is 19.2 Å². The minimum atomic E-state index is -0.693. The number of rotatable bonds is 1. The number of nitrogens with one attached hydrogen (secondary N) is 1. The van der Waals surface area contributed by atoms with E-state index in [9.17, 15) is 9.59 Å². The molecule has 5 nitrogen and oxygen atoms in total. The molecule has 1 N–H and O–H groups in total. The summed E-state index contributed by atoms with van der Waals surface area (Å²) < 4.78 is 10.2. The fourth-order valence-corrected chi connectivity index (χ4v) is 1.77. The Hall–Kier alpha value is -1.04. The first kappa shape index (κ1) is 10.5. The zero-order chi connectivity index (χ0) is 11.1. The smallest absolute Gasteiger partial charge is 0.498 e. The van der Waals surface area contributed by atoms with Crippen LogP contribution in [0.1, 0.15) is 20.3 Å². The number of carbonyl (C=O) groups excluding carboxylic acids is 2. The van der Waals surface area contributed by atoms with Crippen molar-refractivity contribution < 1.29 is 18.9 Å². The molecule has 0 aromatic carbocycles. The van der Waals surface area contributed by atoms with Crippen molar-refractivity contribution in [2.24, 2.45) is 5.41 Å². The van der Waals surface area contributed by atoms with Gasteiger partial charge in [0.05, 0.1) is 13.1 Å². The molecule has 82 valence electrons. The second kappa shape index (κ2) is 3.52. The Morgan fingerprint density at radius 2 is 1.73 bits per heavy atom. The van der Waals surface area contributed by atoms with Crippen LogP contribution >= 0.6 is 0 Å². The standard InChI is InChI=1S/C9H14BNO4/c1-9(2)3-6(9)10-14-7(12)4-11-5-8(13)15-10/h6,11H,3-5H2,1-2H3. The third-order valence-electron chi connectivity index (χ3n) is 2.95. The van der Waals surface area contributed by atoms with Gasteiger partial charge in [0.25, 0.3) is 0 Å². The number of carbonyl (C=O) groups is 2. The molecule has 1 saturated heterocycles. The monoisotopic (exact) mass is 211 g/mol. The largest absolute Gasteiger partial charge is 0.602 e. The number of hydrogen-bond donors (Lipinski definition) is 1. The van der Waals surface area contributed by atoms with Crippen LogP contribution in [0.2, 0.25) is 5.82 Å². The maximum absolute atomic E-state index is 11.2. The molecule has 1 unspecified atom stereocenters.